The number of carboxylic acids is 1. The van der Waals surface area contributed by atoms with E-state index in [2.05, 4.69) is 74.6 Å². The lowest BCUT2D eigenvalue weighted by Crippen LogP contribution is -2.55. The van der Waals surface area contributed by atoms with E-state index in [1.165, 1.54) is 141 Å². The van der Waals surface area contributed by atoms with Crippen molar-refractivity contribution in [3.05, 3.63) is 60.8 Å². The fourth-order valence-corrected chi connectivity index (χ4v) is 8.51. The Labute approximate surface area is 426 Å². The van der Waals surface area contributed by atoms with Crippen LogP contribution in [0.25, 0.3) is 0 Å². The minimum absolute atomic E-state index is 0.0367. The van der Waals surface area contributed by atoms with Crippen LogP contribution in [0.15, 0.2) is 60.8 Å². The van der Waals surface area contributed by atoms with E-state index < -0.39 is 18.1 Å². The molecule has 0 aliphatic heterocycles. The molecular formula is C61H109NO7. The van der Waals surface area contributed by atoms with Gasteiger partial charge >= 0.3 is 11.9 Å². The van der Waals surface area contributed by atoms with Crippen molar-refractivity contribution in [3.63, 3.8) is 0 Å². The molecule has 0 amide bonds. The predicted octanol–water partition coefficient (Wildman–Crippen LogP) is 15.9. The van der Waals surface area contributed by atoms with Crippen LogP contribution in [0.2, 0.25) is 0 Å². The Hall–Kier alpha value is -2.97. The molecule has 2 unspecified atom stereocenters. The molecule has 0 radical (unpaired) electrons. The summed E-state index contributed by atoms with van der Waals surface area (Å²) in [6.45, 7) is 4.57. The van der Waals surface area contributed by atoms with Crippen molar-refractivity contribution in [1.29, 1.82) is 0 Å². The lowest BCUT2D eigenvalue weighted by molar-refractivity contribution is -0.889. The molecule has 0 aliphatic carbocycles. The molecule has 0 aliphatic rings. The van der Waals surface area contributed by atoms with E-state index in [1.807, 2.05) is 21.1 Å². The highest BCUT2D eigenvalue weighted by Gasteiger charge is 2.25. The molecule has 0 N–H and O–H groups in total. The number of hydrogen-bond donors (Lipinski definition) is 0. The quantitative estimate of drug-likeness (QED) is 0.0259. The van der Waals surface area contributed by atoms with Gasteiger partial charge in [-0.05, 0) is 57.8 Å². The molecule has 0 saturated carbocycles. The Morgan fingerprint density at radius 1 is 0.449 bits per heavy atom. The lowest BCUT2D eigenvalue weighted by atomic mass is 10.0. The Morgan fingerprint density at radius 2 is 0.812 bits per heavy atom. The summed E-state index contributed by atoms with van der Waals surface area (Å²) < 4.78 is 17.3. The number of quaternary nitrogens is 1. The number of likely N-dealkylation sites (N-methyl/N-ethyl adjacent to an activating group) is 1. The van der Waals surface area contributed by atoms with Crippen LogP contribution in [0.1, 0.15) is 258 Å². The van der Waals surface area contributed by atoms with Gasteiger partial charge in [-0.25, -0.2) is 0 Å². The number of aliphatic carboxylic acids is 1. The van der Waals surface area contributed by atoms with Crippen molar-refractivity contribution in [1.82, 2.24) is 0 Å². The molecule has 0 fully saturated rings. The highest BCUT2D eigenvalue weighted by Crippen LogP contribution is 2.17. The smallest absolute Gasteiger partial charge is 0.306 e. The van der Waals surface area contributed by atoms with Crippen molar-refractivity contribution in [2.45, 2.75) is 270 Å². The van der Waals surface area contributed by atoms with E-state index in [0.29, 0.717) is 12.8 Å². The average molecular weight is 969 g/mol. The first-order valence-electron chi connectivity index (χ1n) is 28.8. The average Bonchev–Trinajstić information content (AvgIpc) is 3.31. The molecule has 0 aromatic heterocycles. The zero-order valence-corrected chi connectivity index (χ0v) is 45.7. The number of unbranched alkanes of at least 4 members (excludes halogenated alkanes) is 28. The van der Waals surface area contributed by atoms with E-state index in [1.54, 1.807) is 0 Å². The first kappa shape index (κ1) is 66.0. The van der Waals surface area contributed by atoms with Gasteiger partial charge in [-0.1, -0.05) is 242 Å². The maximum absolute atomic E-state index is 12.8. The number of rotatable bonds is 52. The lowest BCUT2D eigenvalue weighted by Gasteiger charge is -2.34. The molecule has 69 heavy (non-hydrogen) atoms. The van der Waals surface area contributed by atoms with Crippen molar-refractivity contribution in [2.24, 2.45) is 0 Å². The fraction of sp³-hybridized carbons (Fsp3) is 0.787. The summed E-state index contributed by atoms with van der Waals surface area (Å²) in [5, 5.41) is 11.7. The second-order valence-electron chi connectivity index (χ2n) is 20.5. The van der Waals surface area contributed by atoms with Crippen LogP contribution < -0.4 is 5.11 Å². The van der Waals surface area contributed by atoms with E-state index in [-0.39, 0.29) is 42.7 Å². The molecule has 0 rings (SSSR count). The van der Waals surface area contributed by atoms with Gasteiger partial charge in [-0.2, -0.15) is 0 Å². The summed E-state index contributed by atoms with van der Waals surface area (Å²) in [6.07, 6.45) is 65.5. The van der Waals surface area contributed by atoms with Gasteiger partial charge in [-0.15, -0.1) is 0 Å². The molecule has 0 heterocycles. The summed E-state index contributed by atoms with van der Waals surface area (Å²) in [6, 6.07) is -0.730. The van der Waals surface area contributed by atoms with Crippen LogP contribution in [0, 0.1) is 0 Å². The van der Waals surface area contributed by atoms with Gasteiger partial charge in [0.15, 0.2) is 6.10 Å². The third-order valence-corrected chi connectivity index (χ3v) is 12.9. The van der Waals surface area contributed by atoms with E-state index in [0.717, 1.165) is 83.5 Å². The van der Waals surface area contributed by atoms with Gasteiger partial charge in [-0.3, -0.25) is 9.59 Å². The standard InChI is InChI=1S/C61H109NO7/c1-6-8-10-12-14-16-18-20-22-24-26-28-30-32-34-36-38-40-42-44-46-48-50-52-60(64)69-57(55-67-54-53-58(61(65)66)62(3,4)5)56-68-59(63)51-49-47-45-43-41-39-37-35-33-31-29-27-25-23-21-19-17-15-13-11-9-7-2/h9,11,15,17,21,23,27,29,33,35,57-58H,6-8,10,12-14,16,18-20,22,24-26,28,30-32,34,36-56H2,1-5H3/b11-9+,17-15+,23-21+,29-27+,35-33+. The monoisotopic (exact) mass is 968 g/mol. The fourth-order valence-electron chi connectivity index (χ4n) is 8.51. The molecular weight excluding hydrogens is 859 g/mol. The Bertz CT molecular complexity index is 1310. The van der Waals surface area contributed by atoms with E-state index >= 15 is 0 Å². The van der Waals surface area contributed by atoms with Gasteiger partial charge < -0.3 is 28.6 Å². The van der Waals surface area contributed by atoms with Crippen LogP contribution in [-0.2, 0) is 28.6 Å². The van der Waals surface area contributed by atoms with Crippen LogP contribution in [0.4, 0.5) is 0 Å². The summed E-state index contributed by atoms with van der Waals surface area (Å²) in [7, 11) is 5.42. The minimum Gasteiger partial charge on any atom is -0.544 e. The van der Waals surface area contributed by atoms with Crippen molar-refractivity contribution in [3.8, 4) is 0 Å². The maximum Gasteiger partial charge on any atom is 0.306 e. The Kier molecular flexibility index (Phi) is 49.2. The first-order chi connectivity index (χ1) is 33.6. The normalized spacial score (nSPS) is 13.2. The molecule has 8 heteroatoms. The zero-order chi connectivity index (χ0) is 50.6. The predicted molar refractivity (Wildman–Crippen MR) is 291 cm³/mol. The highest BCUT2D eigenvalue weighted by atomic mass is 16.6. The summed E-state index contributed by atoms with van der Waals surface area (Å²) in [4.78, 5) is 37.2. The molecule has 0 aromatic rings. The maximum atomic E-state index is 12.8. The minimum atomic E-state index is -1.13. The number of nitrogens with zero attached hydrogens (tertiary/aromatic N) is 1. The largest absolute Gasteiger partial charge is 0.544 e. The zero-order valence-electron chi connectivity index (χ0n) is 45.7. The molecule has 0 aromatic carbocycles. The molecule has 2 atom stereocenters. The summed E-state index contributed by atoms with van der Waals surface area (Å²) >= 11 is 0. The van der Waals surface area contributed by atoms with Gasteiger partial charge in [0, 0.05) is 19.3 Å². The van der Waals surface area contributed by atoms with Crippen molar-refractivity contribution < 1.29 is 38.2 Å². The second kappa shape index (κ2) is 51.4. The number of esters is 2. The number of ether oxygens (including phenoxy) is 3. The third-order valence-electron chi connectivity index (χ3n) is 12.9. The highest BCUT2D eigenvalue weighted by molar-refractivity contribution is 5.70. The Morgan fingerprint density at radius 3 is 1.20 bits per heavy atom. The SMILES string of the molecule is CC/C=C/C/C=C/C/C=C/C/C=C/C/C=C/CCCCCCCCC(=O)OCC(COCCC(C(=O)[O-])[N+](C)(C)C)OC(=O)CCCCCCCCCCCCCCCCCCCCCCCCC. The molecule has 8 nitrogen and oxygen atoms in total. The van der Waals surface area contributed by atoms with Gasteiger partial charge in [0.2, 0.25) is 0 Å². The second-order valence-corrected chi connectivity index (χ2v) is 20.5. The number of carbonyl (C=O) groups is 3. The van der Waals surface area contributed by atoms with Crippen molar-refractivity contribution >= 4 is 17.9 Å². The van der Waals surface area contributed by atoms with E-state index in [4.69, 9.17) is 14.2 Å². The molecule has 0 bridgehead atoms. The van der Waals surface area contributed by atoms with Gasteiger partial charge in [0.05, 0.1) is 40.3 Å². The Balaban J connectivity index is 4.18. The number of carboxylic acid groups (broad SMARTS) is 1. The molecule has 0 spiro atoms. The van der Waals surface area contributed by atoms with Crippen LogP contribution in [0.5, 0.6) is 0 Å². The van der Waals surface area contributed by atoms with E-state index in [9.17, 15) is 19.5 Å². The number of allylic oxidation sites excluding steroid dienone is 10. The van der Waals surface area contributed by atoms with Crippen molar-refractivity contribution in [2.75, 3.05) is 41.0 Å². The summed E-state index contributed by atoms with van der Waals surface area (Å²) in [5.74, 6) is -1.74. The molecule has 400 valence electrons. The number of hydrogen-bond acceptors (Lipinski definition) is 7. The topological polar surface area (TPSA) is 102 Å². The van der Waals surface area contributed by atoms with Crippen LogP contribution >= 0.6 is 0 Å². The molecule has 0 saturated heterocycles. The summed E-state index contributed by atoms with van der Waals surface area (Å²) in [5.41, 5.74) is 0. The van der Waals surface area contributed by atoms with Crippen LogP contribution in [0.3, 0.4) is 0 Å². The van der Waals surface area contributed by atoms with Gasteiger partial charge in [0.25, 0.3) is 0 Å². The first-order valence-corrected chi connectivity index (χ1v) is 28.8. The number of carbonyl (C=O) groups excluding carboxylic acids is 3. The third kappa shape index (κ3) is 49.8. The van der Waals surface area contributed by atoms with Gasteiger partial charge in [0.1, 0.15) is 12.6 Å². The van der Waals surface area contributed by atoms with Crippen LogP contribution in [-0.4, -0.2) is 75.5 Å².